The van der Waals surface area contributed by atoms with Crippen LogP contribution in [-0.2, 0) is 16.2 Å². The minimum atomic E-state index is -0.408. The number of hydrogen-bond acceptors (Lipinski definition) is 0. The van der Waals surface area contributed by atoms with Crippen molar-refractivity contribution >= 4 is 72.9 Å². The van der Waals surface area contributed by atoms with Gasteiger partial charge in [-0.1, -0.05) is 283 Å². The molecule has 3 aliphatic rings. The summed E-state index contributed by atoms with van der Waals surface area (Å²) >= 11 is 0. The van der Waals surface area contributed by atoms with Crippen LogP contribution in [-0.4, -0.2) is 0 Å². The maximum atomic E-state index is 2.64. The fourth-order valence-corrected chi connectivity index (χ4v) is 13.3. The second-order valence-electron chi connectivity index (χ2n) is 21.0. The molecule has 0 atom stereocenters. The predicted molar refractivity (Wildman–Crippen MR) is 319 cm³/mol. The maximum Gasteiger partial charge on any atom is 0.0258 e. The van der Waals surface area contributed by atoms with Crippen molar-refractivity contribution in [1.29, 1.82) is 0 Å². The van der Waals surface area contributed by atoms with Crippen molar-refractivity contribution in [2.75, 3.05) is 0 Å². The van der Waals surface area contributed by atoms with Gasteiger partial charge in [-0.05, 0) is 137 Å². The largest absolute Gasteiger partial charge is 0.0622 e. The molecule has 0 aromatic heterocycles. The Labute approximate surface area is 438 Å². The number of rotatable bonds is 12. The minimum Gasteiger partial charge on any atom is -0.0622 e. The summed E-state index contributed by atoms with van der Waals surface area (Å²) in [5, 5.41) is 0. The van der Waals surface area contributed by atoms with E-state index in [4.69, 9.17) is 0 Å². The molecule has 0 aliphatic heterocycles. The normalized spacial score (nSPS) is 21.4. The molecule has 0 N–H and O–H groups in total. The van der Waals surface area contributed by atoms with E-state index in [0.29, 0.717) is 0 Å². The molecular weight excluding hydrogens is 889 g/mol. The van der Waals surface area contributed by atoms with Gasteiger partial charge in [0, 0.05) is 21.7 Å². The highest BCUT2D eigenvalue weighted by molar-refractivity contribution is 5.89. The van der Waals surface area contributed by atoms with Crippen LogP contribution < -0.4 is 0 Å². The van der Waals surface area contributed by atoms with E-state index >= 15 is 0 Å². The smallest absolute Gasteiger partial charge is 0.0258 e. The molecule has 0 nitrogen and oxygen atoms in total. The second kappa shape index (κ2) is 18.8. The van der Waals surface area contributed by atoms with Crippen LogP contribution in [0.2, 0.25) is 0 Å². The van der Waals surface area contributed by atoms with Gasteiger partial charge in [-0.3, -0.25) is 0 Å². The predicted octanol–water partition coefficient (Wildman–Crippen LogP) is 19.0. The van der Waals surface area contributed by atoms with Crippen molar-refractivity contribution in [3.8, 4) is 0 Å². The summed E-state index contributed by atoms with van der Waals surface area (Å²) in [5.41, 5.74) is 21.2. The topological polar surface area (TPSA) is 0 Å². The van der Waals surface area contributed by atoms with Gasteiger partial charge < -0.3 is 0 Å². The summed E-state index contributed by atoms with van der Waals surface area (Å²) in [7, 11) is 0. The zero-order chi connectivity index (χ0) is 50.3. The van der Waals surface area contributed by atoms with Crippen molar-refractivity contribution in [2.24, 2.45) is 5.41 Å². The molecule has 12 rings (SSSR count). The molecule has 74 heavy (non-hydrogen) atoms. The monoisotopic (exact) mass is 948 g/mol. The van der Waals surface area contributed by atoms with Gasteiger partial charge >= 0.3 is 0 Å². The Hall–Kier alpha value is -8.58. The number of benzene rings is 9. The summed E-state index contributed by atoms with van der Waals surface area (Å²) in [4.78, 5) is 0. The Morgan fingerprint density at radius 3 is 0.500 bits per heavy atom. The molecule has 0 saturated heterocycles. The number of fused-ring (bicyclic) bond motifs is 9. The average Bonchev–Trinajstić information content (AvgIpc) is 3.96. The molecule has 9 aromatic carbocycles. The fraction of sp³-hybridized carbons (Fsp3) is 0.108. The summed E-state index contributed by atoms with van der Waals surface area (Å²) in [6, 6.07) is 79.7. The van der Waals surface area contributed by atoms with Crippen molar-refractivity contribution in [3.05, 3.63) is 319 Å². The van der Waals surface area contributed by atoms with Crippen molar-refractivity contribution < 1.29 is 0 Å². The molecule has 0 radical (unpaired) electrons. The maximum absolute atomic E-state index is 2.64. The standard InChI is InChI=1S/C74H60/c1-71-65-47-59(41-35-53-23-11-5-12-24-53)61(43-37-55-27-15-7-16-28-55)49-67(65)72(2)69-51-63(45-39-57-31-19-9-20-32-57)64(46-40-58-33-21-10-22-34-58)52-70(69)73(3,74(71,72)4)68-50-62(44-38-56-29-17-8-18-30-56)60(48-66(68)71)42-36-54-25-13-6-14-26-54/h5-52H,1-4H3/b41-35+,42-36+,43-37+,44-38+,45-39+,46-40+. The van der Waals surface area contributed by atoms with E-state index in [0.717, 1.165) is 0 Å². The molecular formula is C74H60. The zero-order valence-electron chi connectivity index (χ0n) is 42.7. The highest BCUT2D eigenvalue weighted by Crippen LogP contribution is 2.82. The van der Waals surface area contributed by atoms with Gasteiger partial charge in [0.2, 0.25) is 0 Å². The van der Waals surface area contributed by atoms with Crippen molar-refractivity contribution in [1.82, 2.24) is 0 Å². The lowest BCUT2D eigenvalue weighted by Crippen LogP contribution is -2.51. The Bertz CT molecular complexity index is 3090. The Morgan fingerprint density at radius 2 is 0.351 bits per heavy atom. The Morgan fingerprint density at radius 1 is 0.203 bits per heavy atom. The molecule has 0 unspecified atom stereocenters. The third-order valence-electron chi connectivity index (χ3n) is 17.4. The molecule has 0 spiro atoms. The van der Waals surface area contributed by atoms with Crippen LogP contribution in [0.5, 0.6) is 0 Å². The molecule has 0 heteroatoms. The quantitative estimate of drug-likeness (QED) is 0.107. The van der Waals surface area contributed by atoms with Gasteiger partial charge in [0.05, 0.1) is 0 Å². The molecule has 0 bridgehead atoms. The van der Waals surface area contributed by atoms with Crippen LogP contribution in [0.25, 0.3) is 72.9 Å². The van der Waals surface area contributed by atoms with E-state index < -0.39 is 16.2 Å². The van der Waals surface area contributed by atoms with Gasteiger partial charge in [-0.25, -0.2) is 0 Å². The molecule has 0 amide bonds. The van der Waals surface area contributed by atoms with E-state index in [-0.39, 0.29) is 5.41 Å². The van der Waals surface area contributed by atoms with E-state index in [9.17, 15) is 0 Å². The lowest BCUT2D eigenvalue weighted by molar-refractivity contribution is 0.0997. The average molecular weight is 949 g/mol. The molecule has 3 aliphatic carbocycles. The molecule has 0 saturated carbocycles. The second-order valence-corrected chi connectivity index (χ2v) is 21.0. The SMILES string of the molecule is CC12c3cc(/C=C/c4ccccc4)c(/C=C/c4ccccc4)cc3C3(C)c4cc(/C=C/c5ccccc5)c(/C=C/c5ccccc5)cc4C(C)(c4cc(/C=C/c5ccccc5)c(/C=C/c5ccccc5)cc41)C23C. The van der Waals surface area contributed by atoms with Gasteiger partial charge in [-0.15, -0.1) is 0 Å². The summed E-state index contributed by atoms with van der Waals surface area (Å²) in [6.45, 7) is 10.4. The van der Waals surface area contributed by atoms with Crippen molar-refractivity contribution in [3.63, 3.8) is 0 Å². The first-order valence-corrected chi connectivity index (χ1v) is 26.1. The van der Waals surface area contributed by atoms with E-state index in [1.807, 2.05) is 0 Å². The summed E-state index contributed by atoms with van der Waals surface area (Å²) in [6.07, 6.45) is 27.7. The van der Waals surface area contributed by atoms with Gasteiger partial charge in [0.15, 0.2) is 0 Å². The van der Waals surface area contributed by atoms with E-state index in [2.05, 4.69) is 319 Å². The molecule has 356 valence electrons. The summed E-state index contributed by atoms with van der Waals surface area (Å²) < 4.78 is 0. The van der Waals surface area contributed by atoms with Crippen LogP contribution in [0.1, 0.15) is 128 Å². The first-order chi connectivity index (χ1) is 36.2. The van der Waals surface area contributed by atoms with Crippen LogP contribution in [0.3, 0.4) is 0 Å². The first-order valence-electron chi connectivity index (χ1n) is 26.1. The molecule has 0 fully saturated rings. The van der Waals surface area contributed by atoms with Crippen molar-refractivity contribution in [2.45, 2.75) is 43.9 Å². The molecule has 9 aromatic rings. The van der Waals surface area contributed by atoms with E-state index in [1.165, 1.54) is 100 Å². The fourth-order valence-electron chi connectivity index (χ4n) is 13.3. The van der Waals surface area contributed by atoms with Gasteiger partial charge in [-0.2, -0.15) is 0 Å². The third-order valence-corrected chi connectivity index (χ3v) is 17.4. The van der Waals surface area contributed by atoms with Gasteiger partial charge in [0.25, 0.3) is 0 Å². The lowest BCUT2D eigenvalue weighted by Gasteiger charge is -2.49. The van der Waals surface area contributed by atoms with Crippen LogP contribution >= 0.6 is 0 Å². The minimum absolute atomic E-state index is 0.341. The van der Waals surface area contributed by atoms with Crippen LogP contribution in [0.4, 0.5) is 0 Å². The first kappa shape index (κ1) is 46.5. The Kier molecular flexibility index (Phi) is 11.8. The highest BCUT2D eigenvalue weighted by atomic mass is 14.8. The Balaban J connectivity index is 1.16. The molecule has 0 heterocycles. The van der Waals surface area contributed by atoms with Crippen LogP contribution in [0, 0.1) is 5.41 Å². The third kappa shape index (κ3) is 7.59. The van der Waals surface area contributed by atoms with Gasteiger partial charge in [0.1, 0.15) is 0 Å². The van der Waals surface area contributed by atoms with E-state index in [1.54, 1.807) is 0 Å². The number of hydrogen-bond donors (Lipinski definition) is 0. The summed E-state index contributed by atoms with van der Waals surface area (Å²) in [5.74, 6) is 0. The lowest BCUT2D eigenvalue weighted by atomic mass is 9.52. The zero-order valence-corrected chi connectivity index (χ0v) is 42.7. The van der Waals surface area contributed by atoms with Crippen LogP contribution in [0.15, 0.2) is 218 Å². The highest BCUT2D eigenvalue weighted by Gasteiger charge is 2.80.